The van der Waals surface area contributed by atoms with E-state index in [-0.39, 0.29) is 5.82 Å². The van der Waals surface area contributed by atoms with Gasteiger partial charge in [0.1, 0.15) is 17.3 Å². The van der Waals surface area contributed by atoms with Gasteiger partial charge < -0.3 is 10.1 Å². The molecule has 1 N–H and O–H groups in total. The summed E-state index contributed by atoms with van der Waals surface area (Å²) >= 11 is 0. The maximum atomic E-state index is 13.5. The molecule has 2 aromatic carbocycles. The summed E-state index contributed by atoms with van der Waals surface area (Å²) in [6.45, 7) is 7.95. The molecule has 3 heteroatoms. The molecule has 0 fully saturated rings. The number of hydrogen-bond donors (Lipinski definition) is 1. The Kier molecular flexibility index (Phi) is 5.34. The topological polar surface area (TPSA) is 21.3 Å². The van der Waals surface area contributed by atoms with Crippen LogP contribution >= 0.6 is 0 Å². The third-order valence-electron chi connectivity index (χ3n) is 3.18. The molecule has 0 aromatic heterocycles. The highest BCUT2D eigenvalue weighted by Gasteiger charge is 2.02. The summed E-state index contributed by atoms with van der Waals surface area (Å²) in [7, 11) is 0. The minimum Gasteiger partial charge on any atom is -0.457 e. The van der Waals surface area contributed by atoms with Gasteiger partial charge in [-0.25, -0.2) is 4.39 Å². The van der Waals surface area contributed by atoms with E-state index >= 15 is 0 Å². The number of benzene rings is 2. The van der Waals surface area contributed by atoms with Gasteiger partial charge in [0.25, 0.3) is 0 Å². The molecule has 0 saturated heterocycles. The van der Waals surface area contributed by atoms with Crippen molar-refractivity contribution < 1.29 is 9.13 Å². The van der Waals surface area contributed by atoms with Crippen LogP contribution in [0.1, 0.15) is 25.0 Å². The highest BCUT2D eigenvalue weighted by molar-refractivity contribution is 5.35. The summed E-state index contributed by atoms with van der Waals surface area (Å²) in [5, 5.41) is 3.39. The number of hydrogen-bond acceptors (Lipinski definition) is 2. The Hall–Kier alpha value is -1.87. The fourth-order valence-corrected chi connectivity index (χ4v) is 1.95. The van der Waals surface area contributed by atoms with Crippen LogP contribution in [0.4, 0.5) is 4.39 Å². The highest BCUT2D eigenvalue weighted by atomic mass is 19.1. The molecule has 0 bridgehead atoms. The van der Waals surface area contributed by atoms with Gasteiger partial charge in [-0.2, -0.15) is 0 Å². The van der Waals surface area contributed by atoms with E-state index in [0.717, 1.165) is 13.1 Å². The summed E-state index contributed by atoms with van der Waals surface area (Å²) in [6, 6.07) is 12.8. The Morgan fingerprint density at radius 1 is 1.05 bits per heavy atom. The van der Waals surface area contributed by atoms with Gasteiger partial charge in [-0.3, -0.25) is 0 Å². The van der Waals surface area contributed by atoms with Crippen molar-refractivity contribution >= 4 is 0 Å². The minimum absolute atomic E-state index is 0.248. The lowest BCUT2D eigenvalue weighted by Gasteiger charge is -2.09. The molecule has 0 heterocycles. The van der Waals surface area contributed by atoms with Crippen LogP contribution in [0.25, 0.3) is 0 Å². The number of halogens is 1. The molecular formula is C18H22FNO. The molecule has 0 aliphatic rings. The smallest absolute Gasteiger partial charge is 0.130 e. The molecule has 0 saturated carbocycles. The van der Waals surface area contributed by atoms with Crippen molar-refractivity contribution in [3.05, 3.63) is 59.4 Å². The van der Waals surface area contributed by atoms with Crippen LogP contribution in [0, 0.1) is 18.7 Å². The van der Waals surface area contributed by atoms with Crippen molar-refractivity contribution in [1.82, 2.24) is 5.32 Å². The third kappa shape index (κ3) is 4.87. The maximum absolute atomic E-state index is 13.5. The van der Waals surface area contributed by atoms with Gasteiger partial charge in [0.2, 0.25) is 0 Å². The van der Waals surface area contributed by atoms with Gasteiger partial charge in [0, 0.05) is 12.6 Å². The van der Waals surface area contributed by atoms with Gasteiger partial charge in [0.15, 0.2) is 0 Å². The molecule has 0 atom stereocenters. The molecule has 0 aliphatic carbocycles. The number of aryl methyl sites for hydroxylation is 1. The Morgan fingerprint density at radius 3 is 2.33 bits per heavy atom. The molecule has 2 aromatic rings. The molecule has 2 rings (SSSR count). The van der Waals surface area contributed by atoms with E-state index in [1.807, 2.05) is 24.3 Å². The van der Waals surface area contributed by atoms with Crippen LogP contribution < -0.4 is 10.1 Å². The van der Waals surface area contributed by atoms with Crippen molar-refractivity contribution in [3.8, 4) is 11.5 Å². The predicted octanol–water partition coefficient (Wildman–Crippen LogP) is 4.67. The second-order valence-electron chi connectivity index (χ2n) is 5.68. The summed E-state index contributed by atoms with van der Waals surface area (Å²) in [5.41, 5.74) is 1.83. The quantitative estimate of drug-likeness (QED) is 0.833. The summed E-state index contributed by atoms with van der Waals surface area (Å²) in [4.78, 5) is 0. The van der Waals surface area contributed by atoms with Crippen LogP contribution in [0.2, 0.25) is 0 Å². The van der Waals surface area contributed by atoms with E-state index in [0.29, 0.717) is 23.0 Å². The molecule has 0 aliphatic heterocycles. The van der Waals surface area contributed by atoms with Crippen LogP contribution in [-0.2, 0) is 6.54 Å². The van der Waals surface area contributed by atoms with Crippen molar-refractivity contribution in [2.75, 3.05) is 6.54 Å². The lowest BCUT2D eigenvalue weighted by Crippen LogP contribution is -2.18. The van der Waals surface area contributed by atoms with Crippen molar-refractivity contribution in [3.63, 3.8) is 0 Å². The van der Waals surface area contributed by atoms with E-state index < -0.39 is 0 Å². The maximum Gasteiger partial charge on any atom is 0.130 e. The van der Waals surface area contributed by atoms with E-state index in [4.69, 9.17) is 4.74 Å². The fraction of sp³-hybridized carbons (Fsp3) is 0.333. The largest absolute Gasteiger partial charge is 0.457 e. The number of nitrogens with one attached hydrogen (secondary N) is 1. The zero-order valence-electron chi connectivity index (χ0n) is 12.8. The first kappa shape index (κ1) is 15.5. The average Bonchev–Trinajstić information content (AvgIpc) is 2.44. The number of ether oxygens (including phenoxy) is 1. The van der Waals surface area contributed by atoms with E-state index in [9.17, 15) is 4.39 Å². The Labute approximate surface area is 126 Å². The van der Waals surface area contributed by atoms with Crippen LogP contribution in [0.5, 0.6) is 11.5 Å². The molecular weight excluding hydrogens is 265 g/mol. The average molecular weight is 287 g/mol. The second-order valence-corrected chi connectivity index (χ2v) is 5.68. The monoisotopic (exact) mass is 287 g/mol. The van der Waals surface area contributed by atoms with Crippen LogP contribution in [0.15, 0.2) is 42.5 Å². The Balaban J connectivity index is 1.94. The third-order valence-corrected chi connectivity index (χ3v) is 3.18. The molecule has 0 unspecified atom stereocenters. The number of rotatable bonds is 6. The zero-order valence-corrected chi connectivity index (χ0v) is 12.8. The molecule has 2 nitrogen and oxygen atoms in total. The molecule has 0 radical (unpaired) electrons. The van der Waals surface area contributed by atoms with Crippen molar-refractivity contribution in [2.24, 2.45) is 5.92 Å². The van der Waals surface area contributed by atoms with Gasteiger partial charge >= 0.3 is 0 Å². The standard InChI is InChI=1S/C18H22FNO/c1-13(2)11-20-12-15-5-8-16(9-6-15)21-17-7-4-14(3)18(19)10-17/h4-10,13,20H,11-12H2,1-3H3. The van der Waals surface area contributed by atoms with E-state index in [1.54, 1.807) is 19.1 Å². The first-order chi connectivity index (χ1) is 10.0. The minimum atomic E-state index is -0.248. The SMILES string of the molecule is Cc1ccc(Oc2ccc(CNCC(C)C)cc2)cc1F. The Bertz CT molecular complexity index is 578. The van der Waals surface area contributed by atoms with Gasteiger partial charge in [-0.05, 0) is 48.7 Å². The van der Waals surface area contributed by atoms with Gasteiger partial charge in [0.05, 0.1) is 0 Å². The molecule has 21 heavy (non-hydrogen) atoms. The lowest BCUT2D eigenvalue weighted by atomic mass is 10.2. The fourth-order valence-electron chi connectivity index (χ4n) is 1.95. The molecule has 0 spiro atoms. The normalized spacial score (nSPS) is 10.9. The van der Waals surface area contributed by atoms with Crippen molar-refractivity contribution in [1.29, 1.82) is 0 Å². The lowest BCUT2D eigenvalue weighted by molar-refractivity contribution is 0.475. The summed E-state index contributed by atoms with van der Waals surface area (Å²) in [6.07, 6.45) is 0. The summed E-state index contributed by atoms with van der Waals surface area (Å²) in [5.74, 6) is 1.63. The highest BCUT2D eigenvalue weighted by Crippen LogP contribution is 2.23. The van der Waals surface area contributed by atoms with Crippen molar-refractivity contribution in [2.45, 2.75) is 27.3 Å². The predicted molar refractivity (Wildman–Crippen MR) is 84.2 cm³/mol. The Morgan fingerprint density at radius 2 is 1.71 bits per heavy atom. The van der Waals surface area contributed by atoms with Crippen LogP contribution in [0.3, 0.4) is 0 Å². The van der Waals surface area contributed by atoms with E-state index in [2.05, 4.69) is 19.2 Å². The first-order valence-corrected chi connectivity index (χ1v) is 7.28. The van der Waals surface area contributed by atoms with Crippen LogP contribution in [-0.4, -0.2) is 6.54 Å². The van der Waals surface area contributed by atoms with Gasteiger partial charge in [-0.1, -0.05) is 32.0 Å². The second kappa shape index (κ2) is 7.23. The first-order valence-electron chi connectivity index (χ1n) is 7.28. The molecule has 0 amide bonds. The van der Waals surface area contributed by atoms with E-state index in [1.165, 1.54) is 11.6 Å². The zero-order chi connectivity index (χ0) is 15.2. The van der Waals surface area contributed by atoms with Gasteiger partial charge in [-0.15, -0.1) is 0 Å². The molecule has 112 valence electrons. The summed E-state index contributed by atoms with van der Waals surface area (Å²) < 4.78 is 19.1.